The number of carbonyl (C=O) groups is 3. The Morgan fingerprint density at radius 3 is 2.28 bits per heavy atom. The van der Waals surface area contributed by atoms with Gasteiger partial charge < -0.3 is 19.1 Å². The van der Waals surface area contributed by atoms with Crippen LogP contribution in [0.15, 0.2) is 24.3 Å². The van der Waals surface area contributed by atoms with Gasteiger partial charge >= 0.3 is 6.09 Å². The smallest absolute Gasteiger partial charge is 0.410 e. The maximum atomic E-state index is 12.8. The Hall–Kier alpha value is -2.45. The van der Waals surface area contributed by atoms with Crippen molar-refractivity contribution in [2.45, 2.75) is 51.0 Å². The van der Waals surface area contributed by atoms with Gasteiger partial charge in [0.25, 0.3) is 11.8 Å². The molecule has 3 amide bonds. The van der Waals surface area contributed by atoms with E-state index in [0.717, 1.165) is 0 Å². The molecule has 0 radical (unpaired) electrons. The number of carbonyl (C=O) groups excluding carboxylic acids is 3. The van der Waals surface area contributed by atoms with Crippen LogP contribution in [0.5, 0.6) is 0 Å². The summed E-state index contributed by atoms with van der Waals surface area (Å²) in [5.74, 6) is -1.47. The van der Waals surface area contributed by atoms with Crippen LogP contribution >= 0.6 is 0 Å². The topological polar surface area (TPSA) is 85.4 Å². The van der Waals surface area contributed by atoms with Crippen molar-refractivity contribution in [3.8, 4) is 0 Å². The summed E-state index contributed by atoms with van der Waals surface area (Å²) in [5, 5.41) is 0. The summed E-state index contributed by atoms with van der Waals surface area (Å²) in [6.07, 6.45) is 0.428. The SMILES string of the molecule is CC(C)(C)OC(=O)N1CCC2(CC1CN1C(=O)c3ccccc3C1=O)OCCO2. The number of likely N-dealkylation sites (tertiary alicyclic amines) is 1. The molecule has 1 spiro atoms. The highest BCUT2D eigenvalue weighted by atomic mass is 16.7. The van der Waals surface area contributed by atoms with Crippen LogP contribution in [0, 0.1) is 0 Å². The van der Waals surface area contributed by atoms with Crippen LogP contribution in [-0.4, -0.2) is 71.4 Å². The molecule has 3 aliphatic heterocycles. The van der Waals surface area contributed by atoms with Crippen molar-refractivity contribution in [3.63, 3.8) is 0 Å². The summed E-state index contributed by atoms with van der Waals surface area (Å²) in [6, 6.07) is 6.30. The Labute approximate surface area is 169 Å². The number of imide groups is 1. The second-order valence-corrected chi connectivity index (χ2v) is 8.66. The zero-order valence-electron chi connectivity index (χ0n) is 17.0. The summed E-state index contributed by atoms with van der Waals surface area (Å²) >= 11 is 0. The van der Waals surface area contributed by atoms with E-state index < -0.39 is 23.5 Å². The average Bonchev–Trinajstić information content (AvgIpc) is 3.19. The van der Waals surface area contributed by atoms with E-state index in [9.17, 15) is 14.4 Å². The van der Waals surface area contributed by atoms with Crippen molar-refractivity contribution >= 4 is 17.9 Å². The Balaban J connectivity index is 1.57. The van der Waals surface area contributed by atoms with Crippen molar-refractivity contribution in [2.24, 2.45) is 0 Å². The number of hydrogen-bond donors (Lipinski definition) is 0. The molecule has 0 saturated carbocycles. The van der Waals surface area contributed by atoms with Gasteiger partial charge in [-0.1, -0.05) is 12.1 Å². The fourth-order valence-corrected chi connectivity index (χ4v) is 4.14. The summed E-state index contributed by atoms with van der Waals surface area (Å²) < 4.78 is 17.2. The molecule has 8 nitrogen and oxygen atoms in total. The van der Waals surface area contributed by atoms with Gasteiger partial charge in [0.1, 0.15) is 5.60 Å². The van der Waals surface area contributed by atoms with E-state index in [1.54, 1.807) is 49.9 Å². The molecule has 29 heavy (non-hydrogen) atoms. The first-order chi connectivity index (χ1) is 13.7. The molecule has 1 unspecified atom stereocenters. The van der Waals surface area contributed by atoms with Gasteiger partial charge in [-0.2, -0.15) is 0 Å². The lowest BCUT2D eigenvalue weighted by atomic mass is 9.95. The summed E-state index contributed by atoms with van der Waals surface area (Å²) in [4.78, 5) is 41.2. The molecule has 1 aromatic carbocycles. The number of benzene rings is 1. The number of hydrogen-bond acceptors (Lipinski definition) is 6. The van der Waals surface area contributed by atoms with Gasteiger partial charge in [-0.05, 0) is 32.9 Å². The van der Waals surface area contributed by atoms with Crippen LogP contribution in [0.4, 0.5) is 4.79 Å². The molecule has 2 fully saturated rings. The van der Waals surface area contributed by atoms with Gasteiger partial charge in [-0.15, -0.1) is 0 Å². The lowest BCUT2D eigenvalue weighted by molar-refractivity contribution is -0.194. The van der Waals surface area contributed by atoms with E-state index in [2.05, 4.69) is 0 Å². The lowest BCUT2D eigenvalue weighted by Gasteiger charge is -2.44. The van der Waals surface area contributed by atoms with Crippen LogP contribution < -0.4 is 0 Å². The molecular formula is C21H26N2O6. The highest BCUT2D eigenvalue weighted by Gasteiger charge is 2.48. The highest BCUT2D eigenvalue weighted by Crippen LogP contribution is 2.36. The molecule has 0 aliphatic carbocycles. The fraction of sp³-hybridized carbons (Fsp3) is 0.571. The van der Waals surface area contributed by atoms with Gasteiger partial charge in [0.05, 0.1) is 36.9 Å². The Bertz CT molecular complexity index is 805. The van der Waals surface area contributed by atoms with Crippen LogP contribution in [0.1, 0.15) is 54.3 Å². The van der Waals surface area contributed by atoms with Gasteiger partial charge in [0.15, 0.2) is 5.79 Å². The summed E-state index contributed by atoms with van der Waals surface area (Å²) in [7, 11) is 0. The lowest BCUT2D eigenvalue weighted by Crippen LogP contribution is -2.58. The van der Waals surface area contributed by atoms with Crippen LogP contribution in [0.2, 0.25) is 0 Å². The molecule has 1 aromatic rings. The Morgan fingerprint density at radius 1 is 1.14 bits per heavy atom. The average molecular weight is 402 g/mol. The largest absolute Gasteiger partial charge is 0.444 e. The van der Waals surface area contributed by atoms with Gasteiger partial charge in [-0.25, -0.2) is 4.79 Å². The third-order valence-electron chi connectivity index (χ3n) is 5.43. The second-order valence-electron chi connectivity index (χ2n) is 8.66. The van der Waals surface area contributed by atoms with Gasteiger partial charge in [-0.3, -0.25) is 14.5 Å². The molecule has 0 aromatic heterocycles. The van der Waals surface area contributed by atoms with E-state index in [0.29, 0.717) is 43.7 Å². The maximum Gasteiger partial charge on any atom is 0.410 e. The molecule has 0 bridgehead atoms. The minimum absolute atomic E-state index is 0.0695. The van der Waals surface area contributed by atoms with Gasteiger partial charge in [0, 0.05) is 19.4 Å². The van der Waals surface area contributed by atoms with Gasteiger partial charge in [0.2, 0.25) is 0 Å². The minimum Gasteiger partial charge on any atom is -0.444 e. The number of amides is 3. The Morgan fingerprint density at radius 2 is 1.72 bits per heavy atom. The molecule has 2 saturated heterocycles. The molecular weight excluding hydrogens is 376 g/mol. The van der Waals surface area contributed by atoms with E-state index >= 15 is 0 Å². The molecule has 3 heterocycles. The zero-order valence-corrected chi connectivity index (χ0v) is 17.0. The zero-order chi connectivity index (χ0) is 20.8. The Kier molecular flexibility index (Phi) is 4.86. The van der Waals surface area contributed by atoms with Crippen LogP contribution in [0.25, 0.3) is 0 Å². The van der Waals surface area contributed by atoms with Crippen LogP contribution in [-0.2, 0) is 14.2 Å². The summed E-state index contributed by atoms with van der Waals surface area (Å²) in [6.45, 7) is 6.83. The minimum atomic E-state index is -0.776. The third kappa shape index (κ3) is 3.74. The van der Waals surface area contributed by atoms with Crippen molar-refractivity contribution in [3.05, 3.63) is 35.4 Å². The normalized spacial score (nSPS) is 23.6. The number of ether oxygens (including phenoxy) is 3. The van der Waals surface area contributed by atoms with E-state index in [1.165, 1.54) is 4.90 Å². The quantitative estimate of drug-likeness (QED) is 0.707. The van der Waals surface area contributed by atoms with Crippen molar-refractivity contribution in [2.75, 3.05) is 26.3 Å². The highest BCUT2D eigenvalue weighted by molar-refractivity contribution is 6.21. The fourth-order valence-electron chi connectivity index (χ4n) is 4.14. The maximum absolute atomic E-state index is 12.8. The summed E-state index contributed by atoms with van der Waals surface area (Å²) in [5.41, 5.74) is 0.132. The molecule has 156 valence electrons. The molecule has 3 aliphatic rings. The molecule has 8 heteroatoms. The predicted octanol–water partition coefficient (Wildman–Crippen LogP) is 2.43. The van der Waals surface area contributed by atoms with Crippen molar-refractivity contribution in [1.82, 2.24) is 9.80 Å². The van der Waals surface area contributed by atoms with Crippen LogP contribution in [0.3, 0.4) is 0 Å². The van der Waals surface area contributed by atoms with E-state index in [4.69, 9.17) is 14.2 Å². The standard InChI is InChI=1S/C21H26N2O6/c1-20(2,3)29-19(26)22-9-8-21(27-10-11-28-21)12-14(22)13-23-17(24)15-6-4-5-7-16(15)18(23)25/h4-7,14H,8-13H2,1-3H3. The number of piperidine rings is 1. The predicted molar refractivity (Wildman–Crippen MR) is 102 cm³/mol. The number of fused-ring (bicyclic) bond motifs is 1. The second kappa shape index (κ2) is 7.11. The third-order valence-corrected chi connectivity index (χ3v) is 5.43. The van der Waals surface area contributed by atoms with Crippen molar-refractivity contribution in [1.29, 1.82) is 0 Å². The van der Waals surface area contributed by atoms with E-state index in [-0.39, 0.29) is 18.4 Å². The molecule has 4 rings (SSSR count). The molecule has 1 atom stereocenters. The molecule has 0 N–H and O–H groups in total. The first-order valence-electron chi connectivity index (χ1n) is 9.92. The van der Waals surface area contributed by atoms with Crippen molar-refractivity contribution < 1.29 is 28.6 Å². The number of rotatable bonds is 2. The first-order valence-corrected chi connectivity index (χ1v) is 9.92. The number of nitrogens with zero attached hydrogens (tertiary/aromatic N) is 2. The van der Waals surface area contributed by atoms with E-state index in [1.807, 2.05) is 0 Å². The monoisotopic (exact) mass is 402 g/mol. The first kappa shape index (κ1) is 19.8.